The molecule has 0 fully saturated rings. The molecule has 0 amide bonds. The second kappa shape index (κ2) is 5.00. The second-order valence-electron chi connectivity index (χ2n) is 3.91. The molecule has 0 aliphatic rings. The maximum Gasteiger partial charge on any atom is 0.259 e. The van der Waals surface area contributed by atoms with Crippen LogP contribution in [0.4, 0.5) is 10.1 Å². The van der Waals surface area contributed by atoms with Gasteiger partial charge in [0.15, 0.2) is 5.75 Å². The summed E-state index contributed by atoms with van der Waals surface area (Å²) in [6.07, 6.45) is 2.13. The number of rotatable bonds is 3. The average molecular weight is 247 g/mol. The van der Waals surface area contributed by atoms with Crippen LogP contribution in [0.25, 0.3) is 0 Å². The summed E-state index contributed by atoms with van der Waals surface area (Å²) in [5.41, 5.74) is 7.64. The van der Waals surface area contributed by atoms with Gasteiger partial charge >= 0.3 is 0 Å². The Hall–Kier alpha value is -2.17. The van der Waals surface area contributed by atoms with Crippen LogP contribution in [0.1, 0.15) is 18.2 Å². The van der Waals surface area contributed by atoms with E-state index in [0.717, 1.165) is 12.0 Å². The predicted octanol–water partition coefficient (Wildman–Crippen LogP) is 2.86. The van der Waals surface area contributed by atoms with Gasteiger partial charge in [0.1, 0.15) is 6.33 Å². The lowest BCUT2D eigenvalue weighted by molar-refractivity contribution is 0.418. The molecule has 0 spiro atoms. The molecule has 18 heavy (non-hydrogen) atoms. The van der Waals surface area contributed by atoms with E-state index in [-0.39, 0.29) is 11.6 Å². The van der Waals surface area contributed by atoms with Gasteiger partial charge in [0.05, 0.1) is 11.4 Å². The molecule has 0 atom stereocenters. The summed E-state index contributed by atoms with van der Waals surface area (Å²) in [5.74, 6) is -0.292. The Morgan fingerprint density at radius 1 is 1.33 bits per heavy atom. The number of nitrogens with zero attached hydrogens (tertiary/aromatic N) is 2. The summed E-state index contributed by atoms with van der Waals surface area (Å²) in [6.45, 7) is 3.58. The summed E-state index contributed by atoms with van der Waals surface area (Å²) in [4.78, 5) is 7.49. The lowest BCUT2D eigenvalue weighted by atomic mass is 10.1. The standard InChI is InChI=1S/C13H14FN3O/c1-3-9-4-5-11(10(15)6-9)18-13-12(14)8(2)16-7-17-13/h4-7H,3,15H2,1-2H3. The van der Waals surface area contributed by atoms with Gasteiger partial charge in [-0.3, -0.25) is 0 Å². The number of anilines is 1. The average Bonchev–Trinajstić information content (AvgIpc) is 2.37. The molecule has 0 bridgehead atoms. The minimum absolute atomic E-state index is 0.113. The maximum atomic E-state index is 13.7. The Morgan fingerprint density at radius 2 is 2.11 bits per heavy atom. The van der Waals surface area contributed by atoms with Crippen molar-refractivity contribution in [3.05, 3.63) is 41.6 Å². The van der Waals surface area contributed by atoms with Gasteiger partial charge in [-0.05, 0) is 31.0 Å². The Morgan fingerprint density at radius 3 is 2.78 bits per heavy atom. The highest BCUT2D eigenvalue weighted by atomic mass is 19.1. The molecule has 1 aromatic heterocycles. The highest BCUT2D eigenvalue weighted by molar-refractivity contribution is 5.55. The highest BCUT2D eigenvalue weighted by Crippen LogP contribution is 2.28. The lowest BCUT2D eigenvalue weighted by Crippen LogP contribution is -1.99. The molecule has 0 unspecified atom stereocenters. The Bertz CT molecular complexity index is 572. The molecule has 4 nitrogen and oxygen atoms in total. The van der Waals surface area contributed by atoms with Crippen LogP contribution in [0.2, 0.25) is 0 Å². The van der Waals surface area contributed by atoms with Crippen molar-refractivity contribution in [3.8, 4) is 11.6 Å². The van der Waals surface area contributed by atoms with E-state index in [1.807, 2.05) is 13.0 Å². The van der Waals surface area contributed by atoms with Crippen molar-refractivity contribution < 1.29 is 9.13 Å². The van der Waals surface area contributed by atoms with Gasteiger partial charge in [-0.15, -0.1) is 0 Å². The number of aryl methyl sites for hydroxylation is 2. The first kappa shape index (κ1) is 12.3. The Labute approximate surface area is 105 Å². The fourth-order valence-electron chi connectivity index (χ4n) is 1.52. The number of nitrogen functional groups attached to an aromatic ring is 1. The number of nitrogens with two attached hydrogens (primary N) is 1. The molecule has 2 aromatic rings. The second-order valence-corrected chi connectivity index (χ2v) is 3.91. The summed E-state index contributed by atoms with van der Waals surface area (Å²) < 4.78 is 19.0. The van der Waals surface area contributed by atoms with Gasteiger partial charge in [-0.25, -0.2) is 4.98 Å². The van der Waals surface area contributed by atoms with E-state index in [4.69, 9.17) is 10.5 Å². The number of hydrogen-bond donors (Lipinski definition) is 1. The number of aromatic nitrogens is 2. The topological polar surface area (TPSA) is 61.0 Å². The summed E-state index contributed by atoms with van der Waals surface area (Å²) in [7, 11) is 0. The first-order valence-electron chi connectivity index (χ1n) is 5.65. The minimum Gasteiger partial charge on any atom is -0.434 e. The first-order valence-corrected chi connectivity index (χ1v) is 5.65. The molecule has 1 aromatic carbocycles. The molecule has 0 radical (unpaired) electrons. The van der Waals surface area contributed by atoms with Crippen molar-refractivity contribution in [1.82, 2.24) is 9.97 Å². The van der Waals surface area contributed by atoms with Crippen LogP contribution >= 0.6 is 0 Å². The smallest absolute Gasteiger partial charge is 0.259 e. The predicted molar refractivity (Wildman–Crippen MR) is 67.0 cm³/mol. The number of halogens is 1. The molecule has 2 N–H and O–H groups in total. The van der Waals surface area contributed by atoms with Crippen molar-refractivity contribution in [2.24, 2.45) is 0 Å². The number of benzene rings is 1. The van der Waals surface area contributed by atoms with E-state index >= 15 is 0 Å². The zero-order valence-electron chi connectivity index (χ0n) is 10.3. The van der Waals surface area contributed by atoms with Crippen molar-refractivity contribution in [1.29, 1.82) is 0 Å². The third kappa shape index (κ3) is 2.40. The van der Waals surface area contributed by atoms with E-state index in [0.29, 0.717) is 11.4 Å². The van der Waals surface area contributed by atoms with Gasteiger partial charge in [0.25, 0.3) is 5.88 Å². The number of hydrogen-bond acceptors (Lipinski definition) is 4. The molecule has 0 aliphatic carbocycles. The van der Waals surface area contributed by atoms with Gasteiger partial charge in [-0.2, -0.15) is 9.37 Å². The fraction of sp³-hybridized carbons (Fsp3) is 0.231. The molecule has 2 rings (SSSR count). The molecule has 0 saturated heterocycles. The van der Waals surface area contributed by atoms with E-state index in [1.54, 1.807) is 19.1 Å². The van der Waals surface area contributed by atoms with Crippen molar-refractivity contribution in [2.45, 2.75) is 20.3 Å². The zero-order chi connectivity index (χ0) is 13.1. The minimum atomic E-state index is -0.573. The molecular formula is C13H14FN3O. The van der Waals surface area contributed by atoms with Gasteiger partial charge in [-0.1, -0.05) is 13.0 Å². The molecule has 1 heterocycles. The lowest BCUT2D eigenvalue weighted by Gasteiger charge is -2.09. The molecule has 94 valence electrons. The van der Waals surface area contributed by atoms with E-state index in [1.165, 1.54) is 6.33 Å². The largest absolute Gasteiger partial charge is 0.434 e. The van der Waals surface area contributed by atoms with Crippen molar-refractivity contribution in [3.63, 3.8) is 0 Å². The highest BCUT2D eigenvalue weighted by Gasteiger charge is 2.11. The van der Waals surface area contributed by atoms with Crippen molar-refractivity contribution >= 4 is 5.69 Å². The summed E-state index contributed by atoms with van der Waals surface area (Å²) >= 11 is 0. The maximum absolute atomic E-state index is 13.7. The van der Waals surface area contributed by atoms with Crippen LogP contribution in [0.15, 0.2) is 24.5 Å². The first-order chi connectivity index (χ1) is 8.61. The van der Waals surface area contributed by atoms with E-state index in [2.05, 4.69) is 9.97 Å². The molecule has 5 heteroatoms. The monoisotopic (exact) mass is 247 g/mol. The Balaban J connectivity index is 2.31. The summed E-state index contributed by atoms with van der Waals surface area (Å²) in [6, 6.07) is 5.41. The van der Waals surface area contributed by atoms with Crippen LogP contribution in [0.3, 0.4) is 0 Å². The molecular weight excluding hydrogens is 233 g/mol. The van der Waals surface area contributed by atoms with Gasteiger partial charge < -0.3 is 10.5 Å². The van der Waals surface area contributed by atoms with E-state index < -0.39 is 5.82 Å². The van der Waals surface area contributed by atoms with Gasteiger partial charge in [0, 0.05) is 0 Å². The zero-order valence-corrected chi connectivity index (χ0v) is 10.3. The molecule has 0 aliphatic heterocycles. The van der Waals surface area contributed by atoms with Crippen LogP contribution in [0.5, 0.6) is 11.6 Å². The van der Waals surface area contributed by atoms with Crippen LogP contribution in [-0.2, 0) is 6.42 Å². The summed E-state index contributed by atoms with van der Waals surface area (Å²) in [5, 5.41) is 0. The third-order valence-electron chi connectivity index (χ3n) is 2.62. The third-order valence-corrected chi connectivity index (χ3v) is 2.62. The van der Waals surface area contributed by atoms with E-state index in [9.17, 15) is 4.39 Å². The SMILES string of the molecule is CCc1ccc(Oc2ncnc(C)c2F)c(N)c1. The quantitative estimate of drug-likeness (QED) is 0.847. The normalized spacial score (nSPS) is 10.4. The van der Waals surface area contributed by atoms with Crippen LogP contribution in [0, 0.1) is 12.7 Å². The fourth-order valence-corrected chi connectivity index (χ4v) is 1.52. The number of ether oxygens (including phenoxy) is 1. The Kier molecular flexibility index (Phi) is 3.41. The molecule has 0 saturated carbocycles. The van der Waals surface area contributed by atoms with Crippen molar-refractivity contribution in [2.75, 3.05) is 5.73 Å². The van der Waals surface area contributed by atoms with Crippen LogP contribution < -0.4 is 10.5 Å². The van der Waals surface area contributed by atoms with Gasteiger partial charge in [0.2, 0.25) is 5.82 Å². The van der Waals surface area contributed by atoms with Crippen LogP contribution in [-0.4, -0.2) is 9.97 Å².